The summed E-state index contributed by atoms with van der Waals surface area (Å²) in [7, 11) is -2.52. The molecule has 1 amide bonds. The molecule has 1 rings (SSSR count). The fourth-order valence-corrected chi connectivity index (χ4v) is 3.40. The number of carboxylic acids is 1. The molecule has 25 heavy (non-hydrogen) atoms. The lowest BCUT2D eigenvalue weighted by molar-refractivity contribution is -0.138. The summed E-state index contributed by atoms with van der Waals surface area (Å²) in [4.78, 5) is 24.6. The minimum absolute atomic E-state index is 0.0353. The third-order valence-corrected chi connectivity index (χ3v) is 5.48. The summed E-state index contributed by atoms with van der Waals surface area (Å²) in [6.45, 7) is 3.84. The monoisotopic (exact) mass is 390 g/mol. The predicted molar refractivity (Wildman–Crippen MR) is 94.9 cm³/mol. The highest BCUT2D eigenvalue weighted by Crippen LogP contribution is 2.17. The molecule has 7 nitrogen and oxygen atoms in total. The van der Waals surface area contributed by atoms with Gasteiger partial charge in [-0.05, 0) is 30.2 Å². The summed E-state index contributed by atoms with van der Waals surface area (Å²) in [5.41, 5.74) is 0. The van der Waals surface area contributed by atoms with Gasteiger partial charge >= 0.3 is 5.97 Å². The Morgan fingerprint density at radius 3 is 2.24 bits per heavy atom. The number of carbonyl (C=O) groups is 2. The van der Waals surface area contributed by atoms with Gasteiger partial charge < -0.3 is 10.0 Å². The maximum Gasteiger partial charge on any atom is 0.305 e. The van der Waals surface area contributed by atoms with Crippen LogP contribution in [-0.2, 0) is 19.6 Å². The zero-order valence-electron chi connectivity index (χ0n) is 14.5. The zero-order chi connectivity index (χ0) is 19.2. The van der Waals surface area contributed by atoms with Crippen LogP contribution in [0.3, 0.4) is 0 Å². The van der Waals surface area contributed by atoms with Crippen LogP contribution >= 0.6 is 11.6 Å². The maximum absolute atomic E-state index is 12.5. The lowest BCUT2D eigenvalue weighted by Crippen LogP contribution is -2.43. The van der Waals surface area contributed by atoms with Crippen molar-refractivity contribution in [2.75, 3.05) is 26.7 Å². The van der Waals surface area contributed by atoms with Gasteiger partial charge in [0.2, 0.25) is 15.9 Å². The number of carboxylic acid groups (broad SMARTS) is 1. The fourth-order valence-electron chi connectivity index (χ4n) is 2.15. The average Bonchev–Trinajstić information content (AvgIpc) is 2.51. The van der Waals surface area contributed by atoms with Crippen LogP contribution in [0, 0.1) is 5.92 Å². The van der Waals surface area contributed by atoms with E-state index in [0.717, 1.165) is 4.31 Å². The van der Waals surface area contributed by atoms with Crippen molar-refractivity contribution in [1.82, 2.24) is 9.21 Å². The van der Waals surface area contributed by atoms with E-state index in [1.165, 1.54) is 36.2 Å². The summed E-state index contributed by atoms with van der Waals surface area (Å²) in [6.07, 6.45) is -0.188. The van der Waals surface area contributed by atoms with Gasteiger partial charge in [0.15, 0.2) is 0 Å². The zero-order valence-corrected chi connectivity index (χ0v) is 16.0. The molecule has 0 saturated heterocycles. The van der Waals surface area contributed by atoms with Crippen molar-refractivity contribution < 1.29 is 23.1 Å². The molecular weight excluding hydrogens is 368 g/mol. The van der Waals surface area contributed by atoms with E-state index in [1.807, 2.05) is 13.8 Å². The lowest BCUT2D eigenvalue weighted by Gasteiger charge is -2.26. The largest absolute Gasteiger partial charge is 0.481 e. The second-order valence-corrected chi connectivity index (χ2v) is 8.57. The molecule has 0 aliphatic heterocycles. The van der Waals surface area contributed by atoms with Crippen molar-refractivity contribution in [3.63, 3.8) is 0 Å². The summed E-state index contributed by atoms with van der Waals surface area (Å²) in [5, 5.41) is 9.22. The highest BCUT2D eigenvalue weighted by atomic mass is 35.5. The fraction of sp³-hybridized carbons (Fsp3) is 0.500. The second kappa shape index (κ2) is 9.17. The van der Waals surface area contributed by atoms with Crippen LogP contribution in [0.2, 0.25) is 5.02 Å². The summed E-state index contributed by atoms with van der Waals surface area (Å²) >= 11 is 5.76. The number of amides is 1. The van der Waals surface area contributed by atoms with Gasteiger partial charge in [-0.2, -0.15) is 4.31 Å². The molecule has 0 radical (unpaired) electrons. The lowest BCUT2D eigenvalue weighted by atomic mass is 10.2. The third kappa shape index (κ3) is 6.64. The van der Waals surface area contributed by atoms with Crippen molar-refractivity contribution in [3.05, 3.63) is 29.3 Å². The molecule has 0 spiro atoms. The minimum Gasteiger partial charge on any atom is -0.481 e. The number of likely N-dealkylation sites (N-methyl/N-ethyl adjacent to an activating group) is 1. The number of benzene rings is 1. The Kier molecular flexibility index (Phi) is 7.85. The van der Waals surface area contributed by atoms with E-state index in [2.05, 4.69) is 0 Å². The number of nitrogens with zero attached hydrogens (tertiary/aromatic N) is 2. The second-order valence-electron chi connectivity index (χ2n) is 6.09. The van der Waals surface area contributed by atoms with E-state index >= 15 is 0 Å². The summed E-state index contributed by atoms with van der Waals surface area (Å²) in [5.74, 6) is -1.31. The van der Waals surface area contributed by atoms with Crippen LogP contribution in [0.25, 0.3) is 0 Å². The molecule has 0 aromatic heterocycles. The van der Waals surface area contributed by atoms with Crippen molar-refractivity contribution in [1.29, 1.82) is 0 Å². The van der Waals surface area contributed by atoms with Crippen LogP contribution in [0.4, 0.5) is 0 Å². The van der Waals surface area contributed by atoms with E-state index in [-0.39, 0.29) is 30.3 Å². The van der Waals surface area contributed by atoms with Gasteiger partial charge in [0.1, 0.15) is 0 Å². The van der Waals surface area contributed by atoms with Crippen molar-refractivity contribution in [2.24, 2.45) is 5.92 Å². The molecule has 0 atom stereocenters. The van der Waals surface area contributed by atoms with Gasteiger partial charge in [-0.3, -0.25) is 9.59 Å². The van der Waals surface area contributed by atoms with Crippen molar-refractivity contribution in [3.8, 4) is 0 Å². The van der Waals surface area contributed by atoms with Crippen LogP contribution in [-0.4, -0.2) is 61.3 Å². The molecule has 0 aliphatic rings. The Bertz CT molecular complexity index is 704. The molecule has 9 heteroatoms. The van der Waals surface area contributed by atoms with Crippen LogP contribution in [0.1, 0.15) is 20.3 Å². The molecule has 0 bridgehead atoms. The third-order valence-electron chi connectivity index (χ3n) is 3.41. The number of sulfonamides is 1. The van der Waals surface area contributed by atoms with E-state index in [1.54, 1.807) is 0 Å². The molecular formula is C16H23ClN2O5S. The van der Waals surface area contributed by atoms with E-state index < -0.39 is 21.9 Å². The molecule has 1 aromatic rings. The predicted octanol–water partition coefficient (Wildman–Crippen LogP) is 1.92. The first-order chi connectivity index (χ1) is 11.5. The smallest absolute Gasteiger partial charge is 0.305 e. The average molecular weight is 391 g/mol. The molecule has 1 N–H and O–H groups in total. The number of carbonyl (C=O) groups excluding carboxylic acids is 1. The highest BCUT2D eigenvalue weighted by Gasteiger charge is 2.25. The van der Waals surface area contributed by atoms with E-state index in [4.69, 9.17) is 16.7 Å². The van der Waals surface area contributed by atoms with Gasteiger partial charge in [-0.1, -0.05) is 25.4 Å². The van der Waals surface area contributed by atoms with Crippen LogP contribution < -0.4 is 0 Å². The molecule has 140 valence electrons. The minimum atomic E-state index is -3.83. The van der Waals surface area contributed by atoms with Gasteiger partial charge in [-0.15, -0.1) is 0 Å². The molecule has 0 heterocycles. The first kappa shape index (κ1) is 21.4. The molecule has 1 aromatic carbocycles. The van der Waals surface area contributed by atoms with Crippen molar-refractivity contribution >= 4 is 33.5 Å². The Morgan fingerprint density at radius 2 is 1.76 bits per heavy atom. The Labute approximate surface area is 153 Å². The molecule has 0 fully saturated rings. The standard InChI is InChI=1S/C16H23ClN2O5S/c1-12(2)10-19(9-8-16(21)22)15(20)11-18(3)25(23,24)14-6-4-13(17)5-7-14/h4-7,12H,8-11H2,1-3H3,(H,21,22). The first-order valence-electron chi connectivity index (χ1n) is 7.75. The van der Waals surface area contributed by atoms with E-state index in [0.29, 0.717) is 11.6 Å². The van der Waals surface area contributed by atoms with Gasteiger partial charge in [0.05, 0.1) is 17.9 Å². The first-order valence-corrected chi connectivity index (χ1v) is 9.57. The van der Waals surface area contributed by atoms with Gasteiger partial charge in [0.25, 0.3) is 0 Å². The number of hydrogen-bond donors (Lipinski definition) is 1. The highest BCUT2D eigenvalue weighted by molar-refractivity contribution is 7.89. The number of aliphatic carboxylic acids is 1. The summed E-state index contributed by atoms with van der Waals surface area (Å²) < 4.78 is 26.0. The van der Waals surface area contributed by atoms with Crippen LogP contribution in [0.5, 0.6) is 0 Å². The summed E-state index contributed by atoms with van der Waals surface area (Å²) in [6, 6.07) is 5.66. The van der Waals surface area contributed by atoms with Gasteiger partial charge in [0, 0.05) is 25.2 Å². The van der Waals surface area contributed by atoms with E-state index in [9.17, 15) is 18.0 Å². The van der Waals surface area contributed by atoms with Gasteiger partial charge in [-0.25, -0.2) is 8.42 Å². The SMILES string of the molecule is CC(C)CN(CCC(=O)O)C(=O)CN(C)S(=O)(=O)c1ccc(Cl)cc1. The normalized spacial score (nSPS) is 11.8. The topological polar surface area (TPSA) is 95.0 Å². The Balaban J connectivity index is 2.86. The molecule has 0 saturated carbocycles. The molecule has 0 unspecified atom stereocenters. The number of halogens is 1. The Hall–Kier alpha value is -1.64. The quantitative estimate of drug-likeness (QED) is 0.695. The maximum atomic E-state index is 12.5. The number of rotatable bonds is 9. The molecule has 0 aliphatic carbocycles. The van der Waals surface area contributed by atoms with Crippen LogP contribution in [0.15, 0.2) is 29.2 Å². The Morgan fingerprint density at radius 1 is 1.20 bits per heavy atom. The number of hydrogen-bond acceptors (Lipinski definition) is 4. The van der Waals surface area contributed by atoms with Crippen molar-refractivity contribution in [2.45, 2.75) is 25.2 Å².